The van der Waals surface area contributed by atoms with Gasteiger partial charge in [0.25, 0.3) is 0 Å². The lowest BCUT2D eigenvalue weighted by molar-refractivity contribution is -0.138. The minimum Gasteiger partial charge on any atom is -0.369 e. The number of hydrogen-bond acceptors (Lipinski definition) is 3. The van der Waals surface area contributed by atoms with Crippen LogP contribution in [0.4, 0.5) is 5.69 Å². The molecule has 5 aliphatic rings. The maximum absolute atomic E-state index is 13.1. The van der Waals surface area contributed by atoms with E-state index in [9.17, 15) is 4.79 Å². The van der Waals surface area contributed by atoms with E-state index in [4.69, 9.17) is 0 Å². The highest BCUT2D eigenvalue weighted by Crippen LogP contribution is 2.56. The molecule has 1 heterocycles. The van der Waals surface area contributed by atoms with Gasteiger partial charge in [-0.2, -0.15) is 0 Å². The van der Waals surface area contributed by atoms with Gasteiger partial charge in [0.15, 0.2) is 0 Å². The molecule has 4 saturated carbocycles. The number of nitrogens with one attached hydrogen (secondary N) is 1. The molecule has 0 aromatic heterocycles. The molecule has 1 N–H and O–H groups in total. The Hall–Kier alpha value is -1.55. The average molecular weight is 368 g/mol. The highest BCUT2D eigenvalue weighted by Gasteiger charge is 2.50. The smallest absolute Gasteiger partial charge is 0.223 e. The first-order chi connectivity index (χ1) is 13.2. The van der Waals surface area contributed by atoms with E-state index in [0.717, 1.165) is 38.0 Å². The second-order valence-electron chi connectivity index (χ2n) is 9.59. The minimum atomic E-state index is 0.286. The van der Waals surface area contributed by atoms with Crippen molar-refractivity contribution in [1.29, 1.82) is 0 Å². The lowest BCUT2D eigenvalue weighted by Crippen LogP contribution is -2.51. The number of amides is 1. The number of para-hydroxylation sites is 1. The molecule has 27 heavy (non-hydrogen) atoms. The van der Waals surface area contributed by atoms with E-state index in [-0.39, 0.29) is 5.92 Å². The summed E-state index contributed by atoms with van der Waals surface area (Å²) < 4.78 is 0. The molecular weight excluding hydrogens is 334 g/mol. The quantitative estimate of drug-likeness (QED) is 0.888. The number of carbonyl (C=O) groups excluding carboxylic acids is 1. The zero-order valence-corrected chi connectivity index (χ0v) is 16.6. The lowest BCUT2D eigenvalue weighted by atomic mass is 9.51. The number of benzene rings is 1. The van der Waals surface area contributed by atoms with Crippen LogP contribution in [-0.2, 0) is 11.3 Å². The summed E-state index contributed by atoms with van der Waals surface area (Å²) >= 11 is 0. The van der Waals surface area contributed by atoms with E-state index >= 15 is 0 Å². The Morgan fingerprint density at radius 2 is 1.59 bits per heavy atom. The molecule has 0 radical (unpaired) electrons. The van der Waals surface area contributed by atoms with Gasteiger partial charge in [0.1, 0.15) is 0 Å². The summed E-state index contributed by atoms with van der Waals surface area (Å²) in [6, 6.07) is 8.63. The van der Waals surface area contributed by atoms with Gasteiger partial charge in [-0.15, -0.1) is 0 Å². The first-order valence-corrected chi connectivity index (χ1v) is 11.0. The molecule has 4 nitrogen and oxygen atoms in total. The summed E-state index contributed by atoms with van der Waals surface area (Å²) in [5.41, 5.74) is 2.57. The molecule has 0 atom stereocenters. The van der Waals surface area contributed by atoms with Crippen molar-refractivity contribution in [2.75, 3.05) is 38.1 Å². The number of carbonyl (C=O) groups is 1. The fourth-order valence-electron chi connectivity index (χ4n) is 6.67. The number of anilines is 1. The van der Waals surface area contributed by atoms with Crippen molar-refractivity contribution >= 4 is 11.6 Å². The van der Waals surface area contributed by atoms with E-state index in [2.05, 4.69) is 46.4 Å². The Morgan fingerprint density at radius 1 is 0.963 bits per heavy atom. The number of rotatable bonds is 4. The van der Waals surface area contributed by atoms with E-state index < -0.39 is 0 Å². The normalized spacial score (nSPS) is 35.4. The Kier molecular flexibility index (Phi) is 4.63. The van der Waals surface area contributed by atoms with Crippen LogP contribution in [0.15, 0.2) is 24.3 Å². The van der Waals surface area contributed by atoms with Gasteiger partial charge in [0.05, 0.1) is 0 Å². The Labute approximate surface area is 163 Å². The summed E-state index contributed by atoms with van der Waals surface area (Å²) in [5, 5.41) is 3.34. The van der Waals surface area contributed by atoms with Crippen molar-refractivity contribution < 1.29 is 4.79 Å². The van der Waals surface area contributed by atoms with Gasteiger partial charge in [-0.05, 0) is 74.5 Å². The van der Waals surface area contributed by atoms with Crippen LogP contribution in [0.5, 0.6) is 0 Å². The molecule has 1 aromatic carbocycles. The first-order valence-electron chi connectivity index (χ1n) is 11.0. The maximum Gasteiger partial charge on any atom is 0.223 e. The largest absolute Gasteiger partial charge is 0.369 e. The van der Waals surface area contributed by atoms with Gasteiger partial charge in [-0.25, -0.2) is 0 Å². The van der Waals surface area contributed by atoms with Crippen molar-refractivity contribution in [2.24, 2.45) is 29.6 Å². The summed E-state index contributed by atoms with van der Waals surface area (Å²) in [6.45, 7) is 5.01. The van der Waals surface area contributed by atoms with Crippen LogP contribution in [0.3, 0.4) is 0 Å². The van der Waals surface area contributed by atoms with E-state index in [1.165, 1.54) is 43.4 Å². The standard InChI is InChI=1S/C23H33N3O/c1-25-6-8-26(9-7-25)21-5-3-2-4-18(21)15-24-23(27)22-19-11-16-10-17(13-19)14-20(22)12-16/h2-5,16-17,19-20,22H,6-15H2,1H3,(H,24,27). The van der Waals surface area contributed by atoms with Gasteiger partial charge in [-0.3, -0.25) is 4.79 Å². The zero-order valence-electron chi connectivity index (χ0n) is 16.6. The number of hydrogen-bond donors (Lipinski definition) is 1. The number of piperazine rings is 1. The van der Waals surface area contributed by atoms with Crippen LogP contribution in [0.2, 0.25) is 0 Å². The monoisotopic (exact) mass is 367 g/mol. The third kappa shape index (κ3) is 3.37. The van der Waals surface area contributed by atoms with Crippen LogP contribution >= 0.6 is 0 Å². The molecule has 4 heteroatoms. The lowest BCUT2D eigenvalue weighted by Gasteiger charge is -2.53. The first kappa shape index (κ1) is 17.5. The highest BCUT2D eigenvalue weighted by atomic mass is 16.1. The second kappa shape index (κ2) is 7.12. The Morgan fingerprint density at radius 3 is 2.26 bits per heavy atom. The summed E-state index contributed by atoms with van der Waals surface area (Å²) in [7, 11) is 2.19. The van der Waals surface area contributed by atoms with Gasteiger partial charge in [-0.1, -0.05) is 18.2 Å². The predicted molar refractivity (Wildman–Crippen MR) is 109 cm³/mol. The van der Waals surface area contributed by atoms with Gasteiger partial charge in [0.2, 0.25) is 5.91 Å². The number of likely N-dealkylation sites (N-methyl/N-ethyl adjacent to an activating group) is 1. The molecule has 0 spiro atoms. The van der Waals surface area contributed by atoms with Crippen molar-refractivity contribution in [2.45, 2.75) is 38.6 Å². The zero-order chi connectivity index (χ0) is 18.4. The van der Waals surface area contributed by atoms with Crippen molar-refractivity contribution in [3.05, 3.63) is 29.8 Å². The van der Waals surface area contributed by atoms with Crippen LogP contribution in [0.25, 0.3) is 0 Å². The Balaban J connectivity index is 1.25. The summed E-state index contributed by atoms with van der Waals surface area (Å²) in [5.74, 6) is 3.79. The second-order valence-corrected chi connectivity index (χ2v) is 9.59. The van der Waals surface area contributed by atoms with Crippen molar-refractivity contribution in [3.8, 4) is 0 Å². The van der Waals surface area contributed by atoms with Crippen molar-refractivity contribution in [1.82, 2.24) is 10.2 Å². The molecule has 1 amide bonds. The molecule has 4 aliphatic carbocycles. The van der Waals surface area contributed by atoms with Crippen LogP contribution < -0.4 is 10.2 Å². The van der Waals surface area contributed by atoms with Gasteiger partial charge >= 0.3 is 0 Å². The highest BCUT2D eigenvalue weighted by molar-refractivity contribution is 5.80. The van der Waals surface area contributed by atoms with E-state index in [1.807, 2.05) is 0 Å². The van der Waals surface area contributed by atoms with Crippen LogP contribution in [-0.4, -0.2) is 44.0 Å². The summed E-state index contributed by atoms with van der Waals surface area (Å²) in [4.78, 5) is 18.0. The van der Waals surface area contributed by atoms with Gasteiger partial charge in [0, 0.05) is 44.3 Å². The summed E-state index contributed by atoms with van der Waals surface area (Å²) in [6.07, 6.45) is 6.68. The molecule has 5 fully saturated rings. The topological polar surface area (TPSA) is 35.6 Å². The average Bonchev–Trinajstić information content (AvgIpc) is 2.66. The van der Waals surface area contributed by atoms with E-state index in [1.54, 1.807) is 0 Å². The molecule has 6 rings (SSSR count). The minimum absolute atomic E-state index is 0.286. The van der Waals surface area contributed by atoms with E-state index in [0.29, 0.717) is 24.3 Å². The Bertz CT molecular complexity index is 667. The molecule has 1 aromatic rings. The number of nitrogens with zero attached hydrogens (tertiary/aromatic N) is 2. The van der Waals surface area contributed by atoms with Crippen LogP contribution in [0, 0.1) is 29.6 Å². The van der Waals surface area contributed by atoms with Crippen molar-refractivity contribution in [3.63, 3.8) is 0 Å². The fourth-order valence-corrected chi connectivity index (χ4v) is 6.67. The molecule has 0 unspecified atom stereocenters. The molecule has 1 saturated heterocycles. The maximum atomic E-state index is 13.1. The SMILES string of the molecule is CN1CCN(c2ccccc2CNC(=O)C2C3CC4CC(C3)CC2C4)CC1. The fraction of sp³-hybridized carbons (Fsp3) is 0.696. The predicted octanol–water partition coefficient (Wildman–Crippen LogP) is 3.13. The molecule has 4 bridgehead atoms. The third-order valence-electron chi connectivity index (χ3n) is 7.82. The molecule has 146 valence electrons. The third-order valence-corrected chi connectivity index (χ3v) is 7.82. The van der Waals surface area contributed by atoms with Crippen LogP contribution in [0.1, 0.15) is 37.7 Å². The molecule has 1 aliphatic heterocycles. The van der Waals surface area contributed by atoms with Gasteiger partial charge < -0.3 is 15.1 Å². The molecular formula is C23H33N3O.